The van der Waals surface area contributed by atoms with Gasteiger partial charge in [0, 0.05) is 0 Å². The minimum absolute atomic E-state index is 0.0651. The van der Waals surface area contributed by atoms with E-state index in [1.807, 2.05) is 61.5 Å². The second kappa shape index (κ2) is 8.31. The van der Waals surface area contributed by atoms with Crippen molar-refractivity contribution in [2.24, 2.45) is 0 Å². The molecule has 29 heavy (non-hydrogen) atoms. The SMILES string of the molecule is COc1ccc2ccc(OCC(=O)N[C@H](C)c3ccc4c(c3)OCCO4)cc2c1. The summed E-state index contributed by atoms with van der Waals surface area (Å²) >= 11 is 0. The normalized spacial score (nSPS) is 13.6. The van der Waals surface area contributed by atoms with Crippen LogP contribution in [0.3, 0.4) is 0 Å². The van der Waals surface area contributed by atoms with Gasteiger partial charge in [0.1, 0.15) is 24.7 Å². The molecule has 1 amide bonds. The lowest BCUT2D eigenvalue weighted by Crippen LogP contribution is -2.31. The Labute approximate surface area is 169 Å². The molecule has 4 rings (SSSR count). The lowest BCUT2D eigenvalue weighted by Gasteiger charge is -2.21. The third-order valence-electron chi connectivity index (χ3n) is 4.83. The number of hydrogen-bond donors (Lipinski definition) is 1. The third-order valence-corrected chi connectivity index (χ3v) is 4.83. The first kappa shape index (κ1) is 18.9. The Kier molecular flexibility index (Phi) is 5.42. The molecule has 3 aromatic rings. The van der Waals surface area contributed by atoms with E-state index < -0.39 is 0 Å². The van der Waals surface area contributed by atoms with Crippen molar-refractivity contribution in [2.45, 2.75) is 13.0 Å². The van der Waals surface area contributed by atoms with E-state index in [1.54, 1.807) is 7.11 Å². The fourth-order valence-electron chi connectivity index (χ4n) is 3.26. The first-order chi connectivity index (χ1) is 14.1. The molecule has 0 saturated heterocycles. The number of carbonyl (C=O) groups is 1. The van der Waals surface area contributed by atoms with Gasteiger partial charge in [-0.05, 0) is 59.7 Å². The highest BCUT2D eigenvalue weighted by molar-refractivity contribution is 5.85. The lowest BCUT2D eigenvalue weighted by molar-refractivity contribution is -0.123. The van der Waals surface area contributed by atoms with Crippen LogP contribution in [0.5, 0.6) is 23.0 Å². The molecule has 0 aliphatic carbocycles. The first-order valence-electron chi connectivity index (χ1n) is 9.52. The highest BCUT2D eigenvalue weighted by Gasteiger charge is 2.16. The number of hydrogen-bond acceptors (Lipinski definition) is 5. The highest BCUT2D eigenvalue weighted by Crippen LogP contribution is 2.32. The van der Waals surface area contributed by atoms with E-state index in [0.717, 1.165) is 27.8 Å². The number of ether oxygens (including phenoxy) is 4. The molecule has 0 unspecified atom stereocenters. The average Bonchev–Trinajstić information content (AvgIpc) is 2.76. The maximum Gasteiger partial charge on any atom is 0.258 e. The molecule has 0 bridgehead atoms. The van der Waals surface area contributed by atoms with Crippen LogP contribution in [-0.4, -0.2) is 32.8 Å². The van der Waals surface area contributed by atoms with Gasteiger partial charge in [-0.25, -0.2) is 0 Å². The minimum Gasteiger partial charge on any atom is -0.497 e. The number of carbonyl (C=O) groups excluding carboxylic acids is 1. The minimum atomic E-state index is -0.196. The molecule has 1 N–H and O–H groups in total. The van der Waals surface area contributed by atoms with Crippen LogP contribution < -0.4 is 24.3 Å². The van der Waals surface area contributed by atoms with Gasteiger partial charge < -0.3 is 24.3 Å². The number of rotatable bonds is 6. The lowest BCUT2D eigenvalue weighted by atomic mass is 10.1. The van der Waals surface area contributed by atoms with Crippen LogP contribution >= 0.6 is 0 Å². The predicted molar refractivity (Wildman–Crippen MR) is 110 cm³/mol. The van der Waals surface area contributed by atoms with E-state index in [1.165, 1.54) is 0 Å². The smallest absolute Gasteiger partial charge is 0.258 e. The molecule has 1 atom stereocenters. The Hall–Kier alpha value is -3.41. The summed E-state index contributed by atoms with van der Waals surface area (Å²) in [6, 6.07) is 17.1. The van der Waals surface area contributed by atoms with Gasteiger partial charge in [0.05, 0.1) is 13.2 Å². The zero-order valence-electron chi connectivity index (χ0n) is 16.4. The van der Waals surface area contributed by atoms with E-state index >= 15 is 0 Å². The standard InChI is InChI=1S/C23H23NO5/c1-15(17-5-8-21-22(13-17)28-10-9-27-21)24-23(25)14-29-20-7-4-16-3-6-19(26-2)11-18(16)12-20/h3-8,11-13,15H,9-10,14H2,1-2H3,(H,24,25)/t15-/m1/s1. The summed E-state index contributed by atoms with van der Waals surface area (Å²) in [6.07, 6.45) is 0. The fourth-order valence-corrected chi connectivity index (χ4v) is 3.26. The van der Waals surface area contributed by atoms with Crippen molar-refractivity contribution in [3.63, 3.8) is 0 Å². The summed E-state index contributed by atoms with van der Waals surface area (Å²) < 4.78 is 22.1. The maximum atomic E-state index is 12.3. The zero-order valence-corrected chi connectivity index (χ0v) is 16.4. The molecule has 0 radical (unpaired) electrons. The molecule has 1 aliphatic rings. The van der Waals surface area contributed by atoms with Gasteiger partial charge in [-0.2, -0.15) is 0 Å². The fraction of sp³-hybridized carbons (Fsp3) is 0.261. The molecule has 0 fully saturated rings. The summed E-state index contributed by atoms with van der Waals surface area (Å²) in [6.45, 7) is 2.94. The van der Waals surface area contributed by atoms with Crippen LogP contribution in [0.25, 0.3) is 10.8 Å². The van der Waals surface area contributed by atoms with Crippen LogP contribution in [0, 0.1) is 0 Å². The molecule has 6 heteroatoms. The monoisotopic (exact) mass is 393 g/mol. The largest absolute Gasteiger partial charge is 0.497 e. The van der Waals surface area contributed by atoms with Crippen LogP contribution in [0.15, 0.2) is 54.6 Å². The summed E-state index contributed by atoms with van der Waals surface area (Å²) in [5, 5.41) is 5.02. The predicted octanol–water partition coefficient (Wildman–Crippen LogP) is 3.88. The van der Waals surface area contributed by atoms with Crippen LogP contribution in [0.4, 0.5) is 0 Å². The Morgan fingerprint density at radius 1 is 0.966 bits per heavy atom. The number of amides is 1. The Morgan fingerprint density at radius 2 is 1.69 bits per heavy atom. The van der Waals surface area contributed by atoms with Crippen molar-refractivity contribution in [3.8, 4) is 23.0 Å². The number of benzene rings is 3. The van der Waals surface area contributed by atoms with Crippen molar-refractivity contribution < 1.29 is 23.7 Å². The van der Waals surface area contributed by atoms with Crippen molar-refractivity contribution in [1.29, 1.82) is 0 Å². The Bertz CT molecular complexity index is 1030. The molecule has 1 aliphatic heterocycles. The maximum absolute atomic E-state index is 12.3. The molecule has 0 saturated carbocycles. The second-order valence-corrected chi connectivity index (χ2v) is 6.86. The number of nitrogens with one attached hydrogen (secondary N) is 1. The molecule has 3 aromatic carbocycles. The summed E-state index contributed by atoms with van der Waals surface area (Å²) in [5.74, 6) is 2.65. The quantitative estimate of drug-likeness (QED) is 0.689. The van der Waals surface area contributed by atoms with Gasteiger partial charge in [0.2, 0.25) is 0 Å². The van der Waals surface area contributed by atoms with Gasteiger partial charge in [-0.1, -0.05) is 18.2 Å². The van der Waals surface area contributed by atoms with E-state index in [0.29, 0.717) is 24.7 Å². The molecule has 1 heterocycles. The summed E-state index contributed by atoms with van der Waals surface area (Å²) in [5.41, 5.74) is 0.945. The molecular formula is C23H23NO5. The average molecular weight is 393 g/mol. The van der Waals surface area contributed by atoms with E-state index in [4.69, 9.17) is 18.9 Å². The first-order valence-corrected chi connectivity index (χ1v) is 9.52. The van der Waals surface area contributed by atoms with Crippen molar-refractivity contribution in [2.75, 3.05) is 26.9 Å². The highest BCUT2D eigenvalue weighted by atomic mass is 16.6. The molecule has 0 aromatic heterocycles. The topological polar surface area (TPSA) is 66.0 Å². The van der Waals surface area contributed by atoms with Gasteiger partial charge in [-0.3, -0.25) is 4.79 Å². The van der Waals surface area contributed by atoms with Gasteiger partial charge in [0.15, 0.2) is 18.1 Å². The van der Waals surface area contributed by atoms with E-state index in [-0.39, 0.29) is 18.6 Å². The number of methoxy groups -OCH3 is 1. The Morgan fingerprint density at radius 3 is 2.48 bits per heavy atom. The van der Waals surface area contributed by atoms with Crippen molar-refractivity contribution in [3.05, 3.63) is 60.2 Å². The molecule has 150 valence electrons. The van der Waals surface area contributed by atoms with Gasteiger partial charge >= 0.3 is 0 Å². The Balaban J connectivity index is 1.36. The molecule has 0 spiro atoms. The van der Waals surface area contributed by atoms with Crippen LogP contribution in [-0.2, 0) is 4.79 Å². The van der Waals surface area contributed by atoms with Crippen molar-refractivity contribution in [1.82, 2.24) is 5.32 Å². The van der Waals surface area contributed by atoms with Crippen LogP contribution in [0.2, 0.25) is 0 Å². The molecule has 6 nitrogen and oxygen atoms in total. The van der Waals surface area contributed by atoms with Gasteiger partial charge in [0.25, 0.3) is 5.91 Å². The molecular weight excluding hydrogens is 370 g/mol. The zero-order chi connectivity index (χ0) is 20.2. The van der Waals surface area contributed by atoms with Gasteiger partial charge in [-0.15, -0.1) is 0 Å². The van der Waals surface area contributed by atoms with E-state index in [2.05, 4.69) is 5.32 Å². The third kappa shape index (κ3) is 4.37. The van der Waals surface area contributed by atoms with Crippen molar-refractivity contribution >= 4 is 16.7 Å². The summed E-state index contributed by atoms with van der Waals surface area (Å²) in [7, 11) is 1.63. The van der Waals surface area contributed by atoms with Crippen LogP contribution in [0.1, 0.15) is 18.5 Å². The van der Waals surface area contributed by atoms with E-state index in [9.17, 15) is 4.79 Å². The summed E-state index contributed by atoms with van der Waals surface area (Å²) in [4.78, 5) is 12.3. The number of fused-ring (bicyclic) bond motifs is 2. The second-order valence-electron chi connectivity index (χ2n) is 6.86.